The third-order valence-electron chi connectivity index (χ3n) is 5.09. The summed E-state index contributed by atoms with van der Waals surface area (Å²) < 4.78 is 12.7. The molecule has 1 aliphatic heterocycles. The third-order valence-corrected chi connectivity index (χ3v) is 6.33. The van der Waals surface area contributed by atoms with Crippen LogP contribution in [0.1, 0.15) is 31.0 Å². The van der Waals surface area contributed by atoms with Gasteiger partial charge >= 0.3 is 5.97 Å². The van der Waals surface area contributed by atoms with Crippen molar-refractivity contribution in [2.24, 2.45) is 4.99 Å². The molecule has 0 amide bonds. The van der Waals surface area contributed by atoms with Crippen LogP contribution in [0.5, 0.6) is 5.75 Å². The highest BCUT2D eigenvalue weighted by Crippen LogP contribution is 2.32. The maximum atomic E-state index is 13.5. The van der Waals surface area contributed by atoms with Gasteiger partial charge in [-0.1, -0.05) is 47.2 Å². The van der Waals surface area contributed by atoms with Crippen molar-refractivity contribution < 1.29 is 14.3 Å². The first-order valence-corrected chi connectivity index (χ1v) is 11.2. The Kier molecular flexibility index (Phi) is 6.30. The molecule has 3 aromatic rings. The number of methoxy groups -OCH3 is 1. The summed E-state index contributed by atoms with van der Waals surface area (Å²) in [5.41, 5.74) is 2.21. The van der Waals surface area contributed by atoms with E-state index in [0.717, 1.165) is 11.1 Å². The highest BCUT2D eigenvalue weighted by Gasteiger charge is 2.33. The lowest BCUT2D eigenvalue weighted by atomic mass is 9.95. The molecule has 1 aliphatic rings. The van der Waals surface area contributed by atoms with Gasteiger partial charge < -0.3 is 9.47 Å². The van der Waals surface area contributed by atoms with Crippen LogP contribution in [0, 0.1) is 0 Å². The number of rotatable bonds is 5. The second kappa shape index (κ2) is 9.14. The Balaban J connectivity index is 1.96. The van der Waals surface area contributed by atoms with Crippen molar-refractivity contribution in [3.05, 3.63) is 95.6 Å². The smallest absolute Gasteiger partial charge is 0.338 e. The van der Waals surface area contributed by atoms with Gasteiger partial charge in [0.1, 0.15) is 5.75 Å². The number of aromatic nitrogens is 1. The Morgan fingerprint density at radius 3 is 2.69 bits per heavy atom. The highest BCUT2D eigenvalue weighted by molar-refractivity contribution is 7.07. The number of hydrogen-bond acceptors (Lipinski definition) is 6. The minimum atomic E-state index is -0.673. The summed E-state index contributed by atoms with van der Waals surface area (Å²) in [5.74, 6) is 0.136. The topological polar surface area (TPSA) is 69.9 Å². The van der Waals surface area contributed by atoms with E-state index in [0.29, 0.717) is 31.4 Å². The largest absolute Gasteiger partial charge is 0.497 e. The van der Waals surface area contributed by atoms with Crippen molar-refractivity contribution in [3.8, 4) is 5.75 Å². The maximum Gasteiger partial charge on any atom is 0.338 e. The molecule has 0 bridgehead atoms. The molecule has 2 heterocycles. The molecule has 0 radical (unpaired) electrons. The van der Waals surface area contributed by atoms with Crippen molar-refractivity contribution >= 4 is 35.0 Å². The van der Waals surface area contributed by atoms with E-state index in [1.54, 1.807) is 43.7 Å². The first-order chi connectivity index (χ1) is 15.4. The van der Waals surface area contributed by atoms with E-state index < -0.39 is 12.0 Å². The van der Waals surface area contributed by atoms with Gasteiger partial charge in [-0.25, -0.2) is 9.79 Å². The molecule has 1 aromatic heterocycles. The Morgan fingerprint density at radius 2 is 2.00 bits per heavy atom. The van der Waals surface area contributed by atoms with E-state index in [-0.39, 0.29) is 12.2 Å². The third kappa shape index (κ3) is 4.13. The molecule has 6 nitrogen and oxygen atoms in total. The molecule has 2 aromatic carbocycles. The first-order valence-electron chi connectivity index (χ1n) is 10.0. The molecule has 8 heteroatoms. The molecule has 0 unspecified atom stereocenters. The van der Waals surface area contributed by atoms with Crippen LogP contribution in [0.2, 0.25) is 5.02 Å². The van der Waals surface area contributed by atoms with Crippen LogP contribution >= 0.6 is 22.9 Å². The van der Waals surface area contributed by atoms with E-state index in [1.165, 1.54) is 11.3 Å². The lowest BCUT2D eigenvalue weighted by molar-refractivity contribution is -0.139. The second-order valence-electron chi connectivity index (χ2n) is 7.13. The molecule has 0 aliphatic carbocycles. The lowest BCUT2D eigenvalue weighted by Gasteiger charge is -2.25. The van der Waals surface area contributed by atoms with Crippen molar-refractivity contribution in [3.63, 3.8) is 0 Å². The van der Waals surface area contributed by atoms with Gasteiger partial charge in [-0.2, -0.15) is 0 Å². The number of thiazole rings is 1. The number of fused-ring (bicyclic) bond motifs is 1. The number of hydrogen-bond donors (Lipinski definition) is 0. The van der Waals surface area contributed by atoms with Crippen LogP contribution in [-0.2, 0) is 9.53 Å². The van der Waals surface area contributed by atoms with Gasteiger partial charge in [0.25, 0.3) is 5.56 Å². The van der Waals surface area contributed by atoms with Crippen molar-refractivity contribution in [1.82, 2.24) is 4.57 Å². The Hall–Kier alpha value is -3.16. The van der Waals surface area contributed by atoms with Crippen molar-refractivity contribution in [1.29, 1.82) is 0 Å². The fourth-order valence-corrected chi connectivity index (χ4v) is 4.80. The number of ether oxygens (including phenoxy) is 2. The molecule has 0 saturated heterocycles. The molecule has 0 spiro atoms. The minimum Gasteiger partial charge on any atom is -0.497 e. The Labute approximate surface area is 193 Å². The SMILES string of the molecule is CCOC(=O)C1=C(C)N=c2s/c(=C\c3ccc(Cl)cc3)c(=O)n2[C@H]1c1cccc(OC)c1. The van der Waals surface area contributed by atoms with Crippen LogP contribution in [0.3, 0.4) is 0 Å². The van der Waals surface area contributed by atoms with Crippen LogP contribution in [0.4, 0.5) is 0 Å². The van der Waals surface area contributed by atoms with Gasteiger partial charge in [-0.15, -0.1) is 0 Å². The first kappa shape index (κ1) is 22.0. The number of allylic oxidation sites excluding steroid dienone is 1. The molecule has 0 fully saturated rings. The number of esters is 1. The average molecular weight is 469 g/mol. The number of carbonyl (C=O) groups excluding carboxylic acids is 1. The van der Waals surface area contributed by atoms with E-state index in [2.05, 4.69) is 4.99 Å². The van der Waals surface area contributed by atoms with E-state index in [4.69, 9.17) is 21.1 Å². The zero-order valence-electron chi connectivity index (χ0n) is 17.8. The second-order valence-corrected chi connectivity index (χ2v) is 8.58. The summed E-state index contributed by atoms with van der Waals surface area (Å²) in [6.07, 6.45) is 1.80. The van der Waals surface area contributed by atoms with Crippen molar-refractivity contribution in [2.45, 2.75) is 19.9 Å². The number of nitrogens with zero attached hydrogens (tertiary/aromatic N) is 2. The van der Waals surface area contributed by atoms with Gasteiger partial charge in [0, 0.05) is 5.02 Å². The Bertz CT molecular complexity index is 1390. The van der Waals surface area contributed by atoms with Crippen LogP contribution < -0.4 is 19.6 Å². The van der Waals surface area contributed by atoms with Gasteiger partial charge in [0.2, 0.25) is 0 Å². The van der Waals surface area contributed by atoms with Gasteiger partial charge in [-0.05, 0) is 55.3 Å². The highest BCUT2D eigenvalue weighted by atomic mass is 35.5. The quantitative estimate of drug-likeness (QED) is 0.538. The summed E-state index contributed by atoms with van der Waals surface area (Å²) in [6.45, 7) is 3.73. The molecule has 0 saturated carbocycles. The fraction of sp³-hybridized carbons (Fsp3) is 0.208. The Morgan fingerprint density at radius 1 is 1.25 bits per heavy atom. The summed E-state index contributed by atoms with van der Waals surface area (Å²) in [6, 6.07) is 13.9. The number of carbonyl (C=O) groups is 1. The average Bonchev–Trinajstić information content (AvgIpc) is 3.09. The zero-order chi connectivity index (χ0) is 22.8. The number of benzene rings is 2. The molecular formula is C24H21ClN2O4S. The van der Waals surface area contributed by atoms with Crippen molar-refractivity contribution in [2.75, 3.05) is 13.7 Å². The van der Waals surface area contributed by atoms with Gasteiger partial charge in [-0.3, -0.25) is 9.36 Å². The molecule has 164 valence electrons. The van der Waals surface area contributed by atoms with Crippen LogP contribution in [-0.4, -0.2) is 24.3 Å². The summed E-state index contributed by atoms with van der Waals surface area (Å²) >= 11 is 7.25. The predicted octanol–water partition coefficient (Wildman–Crippen LogP) is 3.46. The van der Waals surface area contributed by atoms with Gasteiger partial charge in [0.05, 0.1) is 35.6 Å². The van der Waals surface area contributed by atoms with E-state index in [9.17, 15) is 9.59 Å². The molecule has 0 N–H and O–H groups in total. The van der Waals surface area contributed by atoms with Crippen LogP contribution in [0.15, 0.2) is 69.6 Å². The molecule has 1 atom stereocenters. The molecule has 32 heavy (non-hydrogen) atoms. The lowest BCUT2D eigenvalue weighted by Crippen LogP contribution is -2.39. The summed E-state index contributed by atoms with van der Waals surface area (Å²) in [5, 5.41) is 0.622. The standard InChI is InChI=1S/C24H21ClN2O4S/c1-4-31-23(29)20-14(2)26-24-27(21(20)16-6-5-7-18(13-16)30-3)22(28)19(32-24)12-15-8-10-17(25)11-9-15/h5-13,21H,4H2,1-3H3/b19-12-/t21-/m0/s1. The zero-order valence-corrected chi connectivity index (χ0v) is 19.4. The van der Waals surface area contributed by atoms with Gasteiger partial charge in [0.15, 0.2) is 4.80 Å². The minimum absolute atomic E-state index is 0.224. The fourth-order valence-electron chi connectivity index (χ4n) is 3.63. The number of halogens is 1. The maximum absolute atomic E-state index is 13.5. The van der Waals surface area contributed by atoms with E-state index >= 15 is 0 Å². The normalized spacial score (nSPS) is 15.9. The van der Waals surface area contributed by atoms with E-state index in [1.807, 2.05) is 36.4 Å². The molecule has 4 rings (SSSR count). The summed E-state index contributed by atoms with van der Waals surface area (Å²) in [4.78, 5) is 31.5. The molecular weight excluding hydrogens is 448 g/mol. The van der Waals surface area contributed by atoms with Crippen LogP contribution in [0.25, 0.3) is 6.08 Å². The monoisotopic (exact) mass is 468 g/mol. The predicted molar refractivity (Wildman–Crippen MR) is 125 cm³/mol. The summed E-state index contributed by atoms with van der Waals surface area (Å²) in [7, 11) is 1.57.